The monoisotopic (exact) mass is 722 g/mol. The first-order chi connectivity index (χ1) is 25.2. The van der Waals surface area contributed by atoms with Crippen LogP contribution in [-0.4, -0.2) is 109 Å². The summed E-state index contributed by atoms with van der Waals surface area (Å²) in [6.07, 6.45) is 5.49. The Morgan fingerprint density at radius 3 is 2.30 bits per heavy atom. The quantitative estimate of drug-likeness (QED) is 0.127. The van der Waals surface area contributed by atoms with Crippen molar-refractivity contribution < 1.29 is 33.3 Å². The van der Waals surface area contributed by atoms with E-state index in [0.29, 0.717) is 49.7 Å². The van der Waals surface area contributed by atoms with Gasteiger partial charge in [0.05, 0.1) is 37.8 Å². The first-order valence-electron chi connectivity index (χ1n) is 18.2. The van der Waals surface area contributed by atoms with Crippen LogP contribution < -0.4 is 19.5 Å². The van der Waals surface area contributed by atoms with Crippen molar-refractivity contribution in [2.24, 2.45) is 5.41 Å². The van der Waals surface area contributed by atoms with E-state index < -0.39 is 11.4 Å². The van der Waals surface area contributed by atoms with Crippen LogP contribution in [0.15, 0.2) is 60.7 Å². The predicted molar refractivity (Wildman–Crippen MR) is 203 cm³/mol. The molecule has 3 heterocycles. The Morgan fingerprint density at radius 1 is 0.943 bits per heavy atom. The molecule has 11 nitrogen and oxygen atoms in total. The molecule has 0 spiro atoms. The van der Waals surface area contributed by atoms with Crippen LogP contribution in [0.2, 0.25) is 0 Å². The fraction of sp³-hybridized carbons (Fsp3) is 0.475. The van der Waals surface area contributed by atoms with Crippen molar-refractivity contribution in [3.63, 3.8) is 0 Å². The smallest absolute Gasteiger partial charge is 0.303 e. The maximum Gasteiger partial charge on any atom is 0.303 e. The third kappa shape index (κ3) is 9.47. The number of methoxy groups -OCH3 is 3. The summed E-state index contributed by atoms with van der Waals surface area (Å²) in [6, 6.07) is 18.5. The number of rotatable bonds is 17. The number of anilines is 1. The second-order valence-corrected chi connectivity index (χ2v) is 14.0. The zero-order chi connectivity index (χ0) is 36.7. The van der Waals surface area contributed by atoms with Crippen molar-refractivity contribution >= 4 is 47.7 Å². The summed E-state index contributed by atoms with van der Waals surface area (Å²) < 4.78 is 32.5. The van der Waals surface area contributed by atoms with Gasteiger partial charge in [0.15, 0.2) is 11.5 Å². The van der Waals surface area contributed by atoms with E-state index in [2.05, 4.69) is 14.8 Å². The molecule has 1 aromatic heterocycles. The summed E-state index contributed by atoms with van der Waals surface area (Å²) in [4.78, 5) is 34.7. The van der Waals surface area contributed by atoms with Gasteiger partial charge in [-0.2, -0.15) is 0 Å². The normalized spacial score (nSPS) is 17.9. The number of fused-ring (bicyclic) bond motifs is 1. The number of amides is 1. The summed E-state index contributed by atoms with van der Waals surface area (Å²) >= 11 is 0. The van der Waals surface area contributed by atoms with Crippen LogP contribution >= 0.6 is 0 Å². The van der Waals surface area contributed by atoms with Gasteiger partial charge < -0.3 is 39.0 Å². The molecule has 0 bridgehead atoms. The van der Waals surface area contributed by atoms with E-state index in [4.69, 9.17) is 24.3 Å². The molecule has 6 rings (SSSR count). The average molecular weight is 723 g/mol. The van der Waals surface area contributed by atoms with E-state index in [1.165, 1.54) is 12.1 Å². The van der Waals surface area contributed by atoms with Gasteiger partial charge in [-0.1, -0.05) is 24.3 Å². The molecule has 13 heteroatoms. The van der Waals surface area contributed by atoms with Crippen molar-refractivity contribution in [1.82, 2.24) is 19.4 Å². The molecule has 2 aliphatic heterocycles. The summed E-state index contributed by atoms with van der Waals surface area (Å²) in [6.45, 7) is 4.41. The molecule has 1 atom stereocenters. The molecule has 3 aromatic carbocycles. The number of carboxylic acids is 1. The summed E-state index contributed by atoms with van der Waals surface area (Å²) in [5, 5.41) is 12.8. The van der Waals surface area contributed by atoms with Crippen molar-refractivity contribution in [1.29, 1.82) is 0 Å². The van der Waals surface area contributed by atoms with E-state index in [9.17, 15) is 14.0 Å². The number of hydrogen-bond acceptors (Lipinski definition) is 8. The number of aliphatic carboxylic acids is 1. The van der Waals surface area contributed by atoms with E-state index in [0.717, 1.165) is 79.8 Å². The zero-order valence-electron chi connectivity index (χ0n) is 31.4. The third-order valence-corrected chi connectivity index (χ3v) is 10.6. The minimum atomic E-state index is -0.794. The molecule has 2 fully saturated rings. The van der Waals surface area contributed by atoms with Gasteiger partial charge in [0.25, 0.3) is 0 Å². The van der Waals surface area contributed by atoms with Crippen LogP contribution in [0, 0.1) is 11.2 Å². The standard InChI is InChI=1S/C40H50FN5O6.Li/c1-50-34-24-29(25-35(51-2)37(34)52-3)27-45-23-18-40(38(45)49,26-28-11-13-30(41)14-12-28)17-7-19-44-21-15-31(16-22-44)42-39-43-32-8-4-5-9-33(32)46(39)20-6-10-36(47)48;/h4-5,8-9,11-14,24-25,31H,6-7,10,15-23,26-27H2,1-3H3,(H,42,43)(H,47,48);. The van der Waals surface area contributed by atoms with Gasteiger partial charge in [-0.15, -0.1) is 0 Å². The van der Waals surface area contributed by atoms with Gasteiger partial charge >= 0.3 is 5.97 Å². The first kappa shape index (κ1) is 40.0. The Balaban J connectivity index is 0.00000541. The number of piperidine rings is 1. The minimum absolute atomic E-state index is 0. The SMILES string of the molecule is COc1cc(CN2CCC(CCCN3CCC(Nc4nc5ccccc5n4CCCC(=O)O)CC3)(Cc3ccc(F)cc3)C2=O)cc(OC)c1OC.[Li]. The van der Waals surface area contributed by atoms with Crippen LogP contribution in [0.5, 0.6) is 17.2 Å². The number of aromatic nitrogens is 2. The average Bonchev–Trinajstić information content (AvgIpc) is 3.64. The molecule has 279 valence electrons. The number of imidazole rings is 1. The maximum absolute atomic E-state index is 14.3. The number of aryl methyl sites for hydroxylation is 1. The molecular formula is C40H50FLiN5O6. The minimum Gasteiger partial charge on any atom is -0.493 e. The van der Waals surface area contributed by atoms with Crippen LogP contribution in [-0.2, 0) is 29.1 Å². The number of carboxylic acid groups (broad SMARTS) is 1. The Kier molecular flexibility index (Phi) is 13.7. The fourth-order valence-electron chi connectivity index (χ4n) is 7.89. The van der Waals surface area contributed by atoms with Crippen molar-refractivity contribution in [2.45, 2.75) is 70.5 Å². The Labute approximate surface area is 323 Å². The Morgan fingerprint density at radius 2 is 1.64 bits per heavy atom. The van der Waals surface area contributed by atoms with Gasteiger partial charge in [0.2, 0.25) is 17.6 Å². The van der Waals surface area contributed by atoms with Crippen LogP contribution in [0.1, 0.15) is 56.1 Å². The van der Waals surface area contributed by atoms with E-state index in [-0.39, 0.29) is 43.0 Å². The molecule has 0 saturated carbocycles. The number of benzene rings is 3. The van der Waals surface area contributed by atoms with Crippen LogP contribution in [0.3, 0.4) is 0 Å². The summed E-state index contributed by atoms with van der Waals surface area (Å²) in [5.74, 6) is 1.46. The van der Waals surface area contributed by atoms with Gasteiger partial charge in [-0.05, 0) is 99.0 Å². The summed E-state index contributed by atoms with van der Waals surface area (Å²) in [7, 11) is 4.73. The van der Waals surface area contributed by atoms with Gasteiger partial charge in [0.1, 0.15) is 5.82 Å². The third-order valence-electron chi connectivity index (χ3n) is 10.6. The largest absolute Gasteiger partial charge is 0.493 e. The molecule has 2 saturated heterocycles. The van der Waals surface area contributed by atoms with E-state index >= 15 is 0 Å². The van der Waals surface area contributed by atoms with Crippen molar-refractivity contribution in [2.75, 3.05) is 52.8 Å². The molecule has 1 amide bonds. The number of ether oxygens (including phenoxy) is 3. The molecule has 2 aliphatic rings. The zero-order valence-corrected chi connectivity index (χ0v) is 31.4. The number of carbonyl (C=O) groups excluding carboxylic acids is 1. The molecule has 2 N–H and O–H groups in total. The number of carbonyl (C=O) groups is 2. The number of halogens is 1. The molecule has 1 radical (unpaired) electrons. The van der Waals surface area contributed by atoms with Crippen LogP contribution in [0.25, 0.3) is 11.0 Å². The molecule has 1 unspecified atom stereocenters. The molecule has 0 aliphatic carbocycles. The topological polar surface area (TPSA) is 118 Å². The first-order valence-corrected chi connectivity index (χ1v) is 18.2. The molecule has 53 heavy (non-hydrogen) atoms. The molecular weight excluding hydrogens is 672 g/mol. The van der Waals surface area contributed by atoms with E-state index in [1.807, 2.05) is 41.3 Å². The van der Waals surface area contributed by atoms with Gasteiger partial charge in [0, 0.05) is 64.0 Å². The maximum atomic E-state index is 14.3. The summed E-state index contributed by atoms with van der Waals surface area (Å²) in [5.41, 5.74) is 3.19. The second kappa shape index (κ2) is 18.2. The van der Waals surface area contributed by atoms with Crippen molar-refractivity contribution in [3.05, 3.63) is 77.6 Å². The van der Waals surface area contributed by atoms with Crippen LogP contribution in [0.4, 0.5) is 10.3 Å². The fourth-order valence-corrected chi connectivity index (χ4v) is 7.89. The van der Waals surface area contributed by atoms with Gasteiger partial charge in [-0.3, -0.25) is 9.59 Å². The second-order valence-electron chi connectivity index (χ2n) is 14.0. The Hall–Kier alpha value is -4.24. The molecule has 4 aromatic rings. The number of nitrogens with zero attached hydrogens (tertiary/aromatic N) is 4. The number of para-hydroxylation sites is 2. The Bertz CT molecular complexity index is 1820. The van der Waals surface area contributed by atoms with Gasteiger partial charge in [-0.25, -0.2) is 9.37 Å². The van der Waals surface area contributed by atoms with Crippen molar-refractivity contribution in [3.8, 4) is 17.2 Å². The predicted octanol–water partition coefficient (Wildman–Crippen LogP) is 6.00. The number of nitrogens with one attached hydrogen (secondary N) is 1. The number of likely N-dealkylation sites (tertiary alicyclic amines) is 2. The van der Waals surface area contributed by atoms with E-state index in [1.54, 1.807) is 33.5 Å². The number of hydrogen-bond donors (Lipinski definition) is 2.